The number of carbonyl (C=O) groups excluding carboxylic acids is 1. The third kappa shape index (κ3) is 0.550. The highest BCUT2D eigenvalue weighted by molar-refractivity contribution is 5.95. The quantitative estimate of drug-likeness (QED) is 0.474. The first-order chi connectivity index (χ1) is 5.36. The van der Waals surface area contributed by atoms with E-state index in [1.807, 2.05) is 0 Å². The van der Waals surface area contributed by atoms with Gasteiger partial charge in [0.1, 0.15) is 0 Å². The Kier molecular flexibility index (Phi) is 0.867. The summed E-state index contributed by atoms with van der Waals surface area (Å²) in [5.41, 5.74) is 0. The van der Waals surface area contributed by atoms with Gasteiger partial charge < -0.3 is 0 Å². The highest BCUT2D eigenvalue weighted by Gasteiger charge is 2.48. The van der Waals surface area contributed by atoms with Crippen molar-refractivity contribution in [2.75, 3.05) is 0 Å². The molecule has 2 bridgehead atoms. The van der Waals surface area contributed by atoms with Crippen LogP contribution in [0.15, 0.2) is 24.3 Å². The minimum Gasteiger partial charge on any atom is -0.295 e. The zero-order chi connectivity index (χ0) is 7.42. The van der Waals surface area contributed by atoms with Gasteiger partial charge in [0, 0.05) is 5.92 Å². The Morgan fingerprint density at radius 3 is 2.82 bits per heavy atom. The lowest BCUT2D eigenvalue weighted by atomic mass is 9.85. The molecule has 0 amide bonds. The molecular weight excluding hydrogens is 136 g/mol. The third-order valence-corrected chi connectivity index (χ3v) is 3.33. The standard InChI is InChI=1S/C10H10O/c11-9-4-3-8-6-1-2-7(5-6)10(8)9/h1-4,6-8,10H,5H2/t6-,7+,8+,10-/m0/s1. The summed E-state index contributed by atoms with van der Waals surface area (Å²) in [4.78, 5) is 11.3. The summed E-state index contributed by atoms with van der Waals surface area (Å²) in [6.07, 6.45) is 9.64. The van der Waals surface area contributed by atoms with Crippen LogP contribution in [0.1, 0.15) is 6.42 Å². The minimum atomic E-state index is 0.338. The van der Waals surface area contributed by atoms with Gasteiger partial charge in [0.2, 0.25) is 0 Å². The van der Waals surface area contributed by atoms with E-state index in [2.05, 4.69) is 18.2 Å². The molecule has 0 heterocycles. The maximum Gasteiger partial charge on any atom is 0.159 e. The van der Waals surface area contributed by atoms with Crippen LogP contribution in [0.5, 0.6) is 0 Å². The molecule has 4 atom stereocenters. The number of fused-ring (bicyclic) bond motifs is 5. The maximum atomic E-state index is 11.3. The first-order valence-corrected chi connectivity index (χ1v) is 4.26. The van der Waals surface area contributed by atoms with E-state index in [1.54, 1.807) is 6.08 Å². The van der Waals surface area contributed by atoms with Crippen molar-refractivity contribution in [2.24, 2.45) is 23.7 Å². The number of allylic oxidation sites excluding steroid dienone is 4. The Balaban J connectivity index is 2.08. The monoisotopic (exact) mass is 146 g/mol. The molecule has 0 spiro atoms. The molecule has 0 radical (unpaired) electrons. The zero-order valence-electron chi connectivity index (χ0n) is 6.23. The number of hydrogen-bond donors (Lipinski definition) is 0. The topological polar surface area (TPSA) is 17.1 Å². The first-order valence-electron chi connectivity index (χ1n) is 4.26. The Labute approximate surface area is 65.8 Å². The smallest absolute Gasteiger partial charge is 0.159 e. The molecule has 3 rings (SSSR count). The molecule has 0 aromatic rings. The molecule has 0 unspecified atom stereocenters. The highest BCUT2D eigenvalue weighted by atomic mass is 16.1. The van der Waals surface area contributed by atoms with Crippen LogP contribution in [-0.4, -0.2) is 5.78 Å². The number of hydrogen-bond acceptors (Lipinski definition) is 1. The Morgan fingerprint density at radius 1 is 1.18 bits per heavy atom. The van der Waals surface area contributed by atoms with Crippen LogP contribution in [0, 0.1) is 23.7 Å². The predicted molar refractivity (Wildman–Crippen MR) is 41.9 cm³/mol. The summed E-state index contributed by atoms with van der Waals surface area (Å²) >= 11 is 0. The molecule has 0 aliphatic heterocycles. The van der Waals surface area contributed by atoms with Crippen molar-refractivity contribution in [1.29, 1.82) is 0 Å². The van der Waals surface area contributed by atoms with Crippen molar-refractivity contribution < 1.29 is 4.79 Å². The molecule has 1 saturated carbocycles. The van der Waals surface area contributed by atoms with Crippen molar-refractivity contribution >= 4 is 5.78 Å². The predicted octanol–water partition coefficient (Wildman–Crippen LogP) is 1.56. The van der Waals surface area contributed by atoms with E-state index in [1.165, 1.54) is 6.42 Å². The molecule has 11 heavy (non-hydrogen) atoms. The van der Waals surface area contributed by atoms with Gasteiger partial charge in [0.25, 0.3) is 0 Å². The van der Waals surface area contributed by atoms with E-state index in [9.17, 15) is 4.79 Å². The van der Waals surface area contributed by atoms with Gasteiger partial charge in [-0.15, -0.1) is 0 Å². The molecule has 1 nitrogen and oxygen atoms in total. The second kappa shape index (κ2) is 1.66. The van der Waals surface area contributed by atoms with Crippen LogP contribution in [0.2, 0.25) is 0 Å². The summed E-state index contributed by atoms with van der Waals surface area (Å²) in [5, 5.41) is 0. The van der Waals surface area contributed by atoms with Gasteiger partial charge in [-0.2, -0.15) is 0 Å². The van der Waals surface area contributed by atoms with Crippen molar-refractivity contribution in [3.05, 3.63) is 24.3 Å². The first kappa shape index (κ1) is 5.76. The van der Waals surface area contributed by atoms with E-state index in [-0.39, 0.29) is 0 Å². The fraction of sp³-hybridized carbons (Fsp3) is 0.500. The minimum absolute atomic E-state index is 0.338. The highest BCUT2D eigenvalue weighted by Crippen LogP contribution is 2.51. The average Bonchev–Trinajstić information content (AvgIpc) is 2.60. The molecule has 1 heteroatoms. The van der Waals surface area contributed by atoms with Crippen molar-refractivity contribution in [3.63, 3.8) is 0 Å². The van der Waals surface area contributed by atoms with E-state index >= 15 is 0 Å². The van der Waals surface area contributed by atoms with Crippen LogP contribution < -0.4 is 0 Å². The van der Waals surface area contributed by atoms with Gasteiger partial charge in [-0.3, -0.25) is 4.79 Å². The summed E-state index contributed by atoms with van der Waals surface area (Å²) in [7, 11) is 0. The van der Waals surface area contributed by atoms with Crippen LogP contribution >= 0.6 is 0 Å². The van der Waals surface area contributed by atoms with Crippen LogP contribution in [0.25, 0.3) is 0 Å². The molecular formula is C10H10O. The van der Waals surface area contributed by atoms with Gasteiger partial charge in [0.05, 0.1) is 0 Å². The molecule has 3 aliphatic carbocycles. The summed E-state index contributed by atoms with van der Waals surface area (Å²) in [6, 6.07) is 0. The number of carbonyl (C=O) groups is 1. The van der Waals surface area contributed by atoms with Gasteiger partial charge in [-0.1, -0.05) is 18.2 Å². The fourth-order valence-electron chi connectivity index (χ4n) is 2.84. The molecule has 0 aromatic carbocycles. The summed E-state index contributed by atoms with van der Waals surface area (Å²) < 4.78 is 0. The van der Waals surface area contributed by atoms with Gasteiger partial charge in [-0.05, 0) is 30.3 Å². The number of rotatable bonds is 0. The number of ketones is 1. The second-order valence-corrected chi connectivity index (χ2v) is 3.81. The van der Waals surface area contributed by atoms with Crippen molar-refractivity contribution in [2.45, 2.75) is 6.42 Å². The largest absolute Gasteiger partial charge is 0.295 e. The van der Waals surface area contributed by atoms with E-state index < -0.39 is 0 Å². The van der Waals surface area contributed by atoms with Crippen molar-refractivity contribution in [3.8, 4) is 0 Å². The molecule has 0 N–H and O–H groups in total. The average molecular weight is 146 g/mol. The Hall–Kier alpha value is -0.850. The Morgan fingerprint density at radius 2 is 2.00 bits per heavy atom. The zero-order valence-corrected chi connectivity index (χ0v) is 6.23. The normalized spacial score (nSPS) is 50.7. The molecule has 1 fully saturated rings. The van der Waals surface area contributed by atoms with Crippen LogP contribution in [-0.2, 0) is 4.79 Å². The third-order valence-electron chi connectivity index (χ3n) is 3.33. The van der Waals surface area contributed by atoms with Gasteiger partial charge >= 0.3 is 0 Å². The molecule has 0 saturated heterocycles. The lowest BCUT2D eigenvalue weighted by Crippen LogP contribution is -2.19. The van der Waals surface area contributed by atoms with Gasteiger partial charge in [0.15, 0.2) is 5.78 Å². The maximum absolute atomic E-state index is 11.3. The van der Waals surface area contributed by atoms with E-state index in [0.717, 1.165) is 0 Å². The second-order valence-electron chi connectivity index (χ2n) is 3.81. The lowest BCUT2D eigenvalue weighted by molar-refractivity contribution is -0.118. The molecule has 56 valence electrons. The molecule has 3 aliphatic rings. The van der Waals surface area contributed by atoms with Crippen molar-refractivity contribution in [1.82, 2.24) is 0 Å². The van der Waals surface area contributed by atoms with E-state index in [0.29, 0.717) is 29.5 Å². The van der Waals surface area contributed by atoms with Gasteiger partial charge in [-0.25, -0.2) is 0 Å². The summed E-state index contributed by atoms with van der Waals surface area (Å²) in [5.74, 6) is 2.54. The SMILES string of the molecule is O=C1C=C[C@H]2[C@@H]1[C@@H]1C=C[C@H]2C1. The van der Waals surface area contributed by atoms with E-state index in [4.69, 9.17) is 0 Å². The van der Waals surface area contributed by atoms with Crippen LogP contribution in [0.3, 0.4) is 0 Å². The molecule has 0 aromatic heterocycles. The lowest BCUT2D eigenvalue weighted by Gasteiger charge is -2.17. The summed E-state index contributed by atoms with van der Waals surface area (Å²) in [6.45, 7) is 0. The fourth-order valence-corrected chi connectivity index (χ4v) is 2.84. The Bertz CT molecular complexity index is 275. The van der Waals surface area contributed by atoms with Crippen LogP contribution in [0.4, 0.5) is 0 Å².